The lowest BCUT2D eigenvalue weighted by molar-refractivity contribution is -0.438. The number of allylic oxidation sites excluding steroid dienone is 4. The first-order valence-electron chi connectivity index (χ1n) is 31.4. The summed E-state index contributed by atoms with van der Waals surface area (Å²) in [6, 6.07) is 43.1. The van der Waals surface area contributed by atoms with Crippen molar-refractivity contribution in [3.63, 3.8) is 0 Å². The highest BCUT2D eigenvalue weighted by atomic mass is 32.2. The summed E-state index contributed by atoms with van der Waals surface area (Å²) in [5.74, 6) is 0.435. The van der Waals surface area contributed by atoms with Crippen molar-refractivity contribution in [2.45, 2.75) is 94.9 Å². The molecule has 5 aliphatic heterocycles. The van der Waals surface area contributed by atoms with Gasteiger partial charge in [0, 0.05) is 151 Å². The number of unbranched alkanes of at least 4 members (excludes halogenated alkanes) is 1. The van der Waals surface area contributed by atoms with E-state index in [9.17, 15) is 13.6 Å². The molecular weight excluding hydrogens is 1120 g/mol. The summed E-state index contributed by atoms with van der Waals surface area (Å²) < 4.78 is 37.4. The summed E-state index contributed by atoms with van der Waals surface area (Å²) in [5, 5.41) is 11.0. The molecule has 446 valence electrons. The van der Waals surface area contributed by atoms with E-state index >= 15 is 4.79 Å². The van der Waals surface area contributed by atoms with Crippen molar-refractivity contribution in [2.75, 3.05) is 69.5 Å². The van der Waals surface area contributed by atoms with E-state index in [1.165, 1.54) is 55.9 Å². The van der Waals surface area contributed by atoms with Gasteiger partial charge in [0.1, 0.15) is 35.2 Å². The van der Waals surface area contributed by atoms with Gasteiger partial charge in [-0.3, -0.25) is 14.5 Å². The number of ether oxygens (including phenoxy) is 1. The second-order valence-electron chi connectivity index (χ2n) is 24.8. The van der Waals surface area contributed by atoms with Gasteiger partial charge in [-0.15, -0.1) is 0 Å². The maximum Gasteiger partial charge on any atom is 0.255 e. The maximum absolute atomic E-state index is 15.1. The highest BCUT2D eigenvalue weighted by Gasteiger charge is 2.58. The Bertz CT molecular complexity index is 4200. The van der Waals surface area contributed by atoms with E-state index in [4.69, 9.17) is 10.5 Å². The minimum Gasteiger partial charge on any atom is -0.456 e. The Labute approximate surface area is 518 Å². The molecular formula is C74H73F2N8O3S+. The molecule has 14 rings (SSSR count). The van der Waals surface area contributed by atoms with Gasteiger partial charge in [-0.25, -0.2) is 8.78 Å². The van der Waals surface area contributed by atoms with Crippen LogP contribution in [0.2, 0.25) is 0 Å². The van der Waals surface area contributed by atoms with Gasteiger partial charge in [0.2, 0.25) is 11.6 Å². The number of carbonyl (C=O) groups is 2. The molecule has 1 saturated heterocycles. The average molecular weight is 1190 g/mol. The van der Waals surface area contributed by atoms with Crippen molar-refractivity contribution in [3.8, 4) is 5.75 Å². The zero-order valence-electron chi connectivity index (χ0n) is 50.6. The standard InChI is InChI=1S/C74H73F2N8O3S/c1-5-81(6-2)57-27-30-62-65(46-57)87-70-59-28-25-54(77)41-49(59)22-29-63(70)74(62)61-19-10-9-18-60(61)72(86)84(74)39-36-80-34-37-82(38-35-80)68(85)20-11-12-33-83-64-31-23-47-14-7-8-17-58(47)69(64)73(3,4)67(83)32-24-48-15-13-16-51-40-50-21-26-55(45-66(50)88-71(48)51)78-79-56-43-52(75)42-53(76)44-56/h7-10,14,17-19,21,23-28,30-32,40-46H,5-6,11-13,15-16,20,22,29,33-39,77H2,1-4H3/q+1. The first-order valence-corrected chi connectivity index (χ1v) is 32.2. The molecule has 1 atom stereocenters. The predicted molar refractivity (Wildman–Crippen MR) is 349 cm³/mol. The number of nitrogen functional groups attached to an aromatic ring is 1. The number of anilines is 2. The van der Waals surface area contributed by atoms with Crippen LogP contribution in [0.1, 0.15) is 116 Å². The molecule has 2 aliphatic carbocycles. The molecule has 7 aromatic carbocycles. The fourth-order valence-electron chi connectivity index (χ4n) is 15.1. The number of piperazine rings is 1. The SMILES string of the molecule is CCN(CC)c1ccc2c(c1)OC1=C(CCc3cc(N)ccc31)C21c2ccccc2C(=O)N1CCN1CCN(C(=O)CCCC[N+]2=C(/C=C/C3=C4Sc5cc(N=Nc6cc(F)cc(F)c6)ccc5C=C4CCC3)C(C)(C)c3c2ccc2ccccc32)CC1. The molecule has 14 heteroatoms. The van der Waals surface area contributed by atoms with E-state index < -0.39 is 17.2 Å². The number of halogens is 2. The average Bonchev–Trinajstić information content (AvgIpc) is 1.53. The smallest absolute Gasteiger partial charge is 0.255 e. The van der Waals surface area contributed by atoms with Crippen LogP contribution in [0.25, 0.3) is 22.6 Å². The molecule has 0 bridgehead atoms. The number of azo groups is 1. The third-order valence-electron chi connectivity index (χ3n) is 19.3. The molecule has 2 N–H and O–H groups in total. The molecule has 1 unspecified atom stereocenters. The summed E-state index contributed by atoms with van der Waals surface area (Å²) in [7, 11) is 0. The summed E-state index contributed by atoms with van der Waals surface area (Å²) in [6.07, 6.45) is 13.6. The lowest BCUT2D eigenvalue weighted by Crippen LogP contribution is -2.54. The number of thioether (sulfide) groups is 1. The van der Waals surface area contributed by atoms with Crippen molar-refractivity contribution < 1.29 is 27.7 Å². The molecule has 5 heterocycles. The maximum atomic E-state index is 15.1. The van der Waals surface area contributed by atoms with E-state index in [2.05, 4.69) is 154 Å². The summed E-state index contributed by atoms with van der Waals surface area (Å²) in [5.41, 5.74) is 21.3. The van der Waals surface area contributed by atoms with Crippen LogP contribution in [0.3, 0.4) is 0 Å². The largest absolute Gasteiger partial charge is 0.456 e. The quantitative estimate of drug-likeness (QED) is 0.0471. The predicted octanol–water partition coefficient (Wildman–Crippen LogP) is 16.0. The zero-order chi connectivity index (χ0) is 60.4. The Morgan fingerprint density at radius 1 is 0.773 bits per heavy atom. The van der Waals surface area contributed by atoms with Gasteiger partial charge in [0.05, 0.1) is 16.8 Å². The van der Waals surface area contributed by atoms with Crippen LogP contribution in [-0.4, -0.2) is 95.7 Å². The van der Waals surface area contributed by atoms with Crippen molar-refractivity contribution in [1.29, 1.82) is 0 Å². The van der Waals surface area contributed by atoms with Crippen molar-refractivity contribution in [1.82, 2.24) is 14.7 Å². The molecule has 7 aromatic rings. The van der Waals surface area contributed by atoms with Crippen LogP contribution >= 0.6 is 11.8 Å². The minimum absolute atomic E-state index is 0.0291. The molecule has 11 nitrogen and oxygen atoms in total. The van der Waals surface area contributed by atoms with Gasteiger partial charge in [0.15, 0.2) is 5.71 Å². The van der Waals surface area contributed by atoms with Crippen LogP contribution in [0.15, 0.2) is 182 Å². The minimum atomic E-state index is -0.858. The number of rotatable bonds is 15. The van der Waals surface area contributed by atoms with Gasteiger partial charge in [0.25, 0.3) is 5.91 Å². The van der Waals surface area contributed by atoms with Gasteiger partial charge >= 0.3 is 0 Å². The number of hydrogen-bond donors (Lipinski definition) is 1. The monoisotopic (exact) mass is 1190 g/mol. The van der Waals surface area contributed by atoms with Crippen molar-refractivity contribution >= 4 is 80.3 Å². The number of nitrogens with zero attached hydrogens (tertiary/aromatic N) is 7. The second kappa shape index (κ2) is 23.2. The fourth-order valence-corrected chi connectivity index (χ4v) is 16.3. The van der Waals surface area contributed by atoms with Gasteiger partial charge in [-0.2, -0.15) is 14.8 Å². The van der Waals surface area contributed by atoms with Crippen LogP contribution in [-0.2, 0) is 22.2 Å². The third kappa shape index (κ3) is 10.1. The van der Waals surface area contributed by atoms with Gasteiger partial charge < -0.3 is 25.2 Å². The first kappa shape index (κ1) is 57.3. The number of nitrogens with two attached hydrogens (primary N) is 1. The normalized spacial score (nSPS) is 19.2. The van der Waals surface area contributed by atoms with Crippen molar-refractivity contribution in [3.05, 3.63) is 218 Å². The number of aryl methyl sites for hydroxylation is 1. The molecule has 1 fully saturated rings. The van der Waals surface area contributed by atoms with Gasteiger partial charge in [-0.05, 0) is 159 Å². The lowest BCUT2D eigenvalue weighted by atomic mass is 9.70. The Hall–Kier alpha value is -8.46. The molecule has 0 radical (unpaired) electrons. The summed E-state index contributed by atoms with van der Waals surface area (Å²) in [6.45, 7) is 15.5. The summed E-state index contributed by atoms with van der Waals surface area (Å²) >= 11 is 1.76. The Kier molecular flexibility index (Phi) is 15.1. The highest BCUT2D eigenvalue weighted by molar-refractivity contribution is 8.03. The summed E-state index contributed by atoms with van der Waals surface area (Å²) in [4.78, 5) is 40.5. The van der Waals surface area contributed by atoms with E-state index in [0.29, 0.717) is 38.3 Å². The Morgan fingerprint density at radius 3 is 2.40 bits per heavy atom. The van der Waals surface area contributed by atoms with Crippen LogP contribution < -0.4 is 15.4 Å². The molecule has 0 saturated carbocycles. The van der Waals surface area contributed by atoms with E-state index in [1.54, 1.807) is 11.8 Å². The Balaban J connectivity index is 0.668. The van der Waals surface area contributed by atoms with Crippen molar-refractivity contribution in [2.24, 2.45) is 10.2 Å². The van der Waals surface area contributed by atoms with Crippen LogP contribution in [0.4, 0.5) is 37.2 Å². The van der Waals surface area contributed by atoms with E-state index in [0.717, 1.165) is 150 Å². The Morgan fingerprint density at radius 2 is 1.57 bits per heavy atom. The number of benzene rings is 7. The second-order valence-corrected chi connectivity index (χ2v) is 25.8. The fraction of sp³-hybridized carbons (Fsp3) is 0.311. The lowest BCUT2D eigenvalue weighted by Gasteiger charge is -2.48. The van der Waals surface area contributed by atoms with E-state index in [-0.39, 0.29) is 22.9 Å². The van der Waals surface area contributed by atoms with Gasteiger partial charge in [-0.1, -0.05) is 72.4 Å². The number of carbonyl (C=O) groups excluding carboxylic acids is 2. The topological polar surface area (TPSA) is 110 Å². The molecule has 7 aliphatic rings. The zero-order valence-corrected chi connectivity index (χ0v) is 51.4. The highest BCUT2D eigenvalue weighted by Crippen LogP contribution is 2.59. The van der Waals surface area contributed by atoms with Crippen LogP contribution in [0.5, 0.6) is 5.75 Å². The number of amides is 2. The molecule has 2 amide bonds. The first-order chi connectivity index (χ1) is 42.8. The molecule has 1 spiro atoms. The molecule has 88 heavy (non-hydrogen) atoms. The van der Waals surface area contributed by atoms with Crippen LogP contribution in [0, 0.1) is 11.6 Å². The number of hydrogen-bond acceptors (Lipinski definition) is 9. The van der Waals surface area contributed by atoms with E-state index in [1.807, 2.05) is 41.3 Å². The third-order valence-corrected chi connectivity index (χ3v) is 20.7. The molecule has 0 aromatic heterocycles. The number of fused-ring (bicyclic) bond motifs is 12.